The van der Waals surface area contributed by atoms with Gasteiger partial charge in [0.25, 0.3) is 0 Å². The van der Waals surface area contributed by atoms with Crippen LogP contribution in [0.25, 0.3) is 0 Å². The second-order valence-corrected chi connectivity index (χ2v) is 1.97. The molecule has 0 fully saturated rings. The number of hydrogen-bond donors (Lipinski definition) is 3. The highest BCUT2D eigenvalue weighted by atomic mass is 16.3. The molecule has 11 heavy (non-hydrogen) atoms. The molecule has 3 N–H and O–H groups in total. The Morgan fingerprint density at radius 1 is 1.55 bits per heavy atom. The fraction of sp³-hybridized carbons (Fsp3) is 0.250. The molecule has 0 bridgehead atoms. The Morgan fingerprint density at radius 3 is 2.64 bits per heavy atom. The van der Waals surface area contributed by atoms with Gasteiger partial charge < -0.3 is 10.4 Å². The summed E-state index contributed by atoms with van der Waals surface area (Å²) in [6.45, 7) is 11.1. The molecule has 0 radical (unpaired) electrons. The van der Waals surface area contributed by atoms with E-state index in [4.69, 9.17) is 5.11 Å². The average Bonchev–Trinajstić information content (AvgIpc) is 2.00. The largest absolute Gasteiger partial charge is 0.361 e. The first-order valence-corrected chi connectivity index (χ1v) is 3.31. The summed E-state index contributed by atoms with van der Waals surface area (Å²) in [5.74, 6) is 0. The Morgan fingerprint density at radius 2 is 2.18 bits per heavy atom. The van der Waals surface area contributed by atoms with Crippen LogP contribution in [0, 0.1) is 0 Å². The van der Waals surface area contributed by atoms with Crippen molar-refractivity contribution in [3.63, 3.8) is 0 Å². The van der Waals surface area contributed by atoms with Crippen molar-refractivity contribution in [3.8, 4) is 0 Å². The number of hydrogen-bond acceptors (Lipinski definition) is 3. The fourth-order valence-electron chi connectivity index (χ4n) is 0.481. The molecule has 0 heterocycles. The smallest absolute Gasteiger partial charge is 0.181 e. The lowest BCUT2D eigenvalue weighted by atomic mass is 10.5. The number of aliphatic hydroxyl groups is 1. The summed E-state index contributed by atoms with van der Waals surface area (Å²) in [5, 5.41) is 14.5. The summed E-state index contributed by atoms with van der Waals surface area (Å²) in [6, 6.07) is 0. The van der Waals surface area contributed by atoms with Gasteiger partial charge >= 0.3 is 0 Å². The normalized spacial score (nSPS) is 11.7. The van der Waals surface area contributed by atoms with Crippen molar-refractivity contribution in [1.29, 1.82) is 0 Å². The van der Waals surface area contributed by atoms with Crippen molar-refractivity contribution in [3.05, 3.63) is 37.6 Å². The lowest BCUT2D eigenvalue weighted by Crippen LogP contribution is -2.40. The molecule has 0 amide bonds. The predicted molar refractivity (Wildman–Crippen MR) is 46.7 cm³/mol. The molecule has 0 aromatic rings. The predicted octanol–water partition coefficient (Wildman–Crippen LogP) is 0.327. The van der Waals surface area contributed by atoms with E-state index in [0.717, 1.165) is 0 Å². The highest BCUT2D eigenvalue weighted by molar-refractivity contribution is 5.08. The maximum Gasteiger partial charge on any atom is 0.181 e. The van der Waals surface area contributed by atoms with Gasteiger partial charge in [-0.25, -0.2) is 0 Å². The molecule has 3 nitrogen and oxygen atoms in total. The maximum atomic E-state index is 9.10. The van der Waals surface area contributed by atoms with Crippen LogP contribution in [0.5, 0.6) is 0 Å². The SMILES string of the molecule is C=CCNC(O)NC(=C)C=C. The van der Waals surface area contributed by atoms with Crippen LogP contribution in [-0.2, 0) is 0 Å². The monoisotopic (exact) mass is 154 g/mol. The third-order valence-electron chi connectivity index (χ3n) is 1.02. The van der Waals surface area contributed by atoms with E-state index in [2.05, 4.69) is 30.4 Å². The van der Waals surface area contributed by atoms with Crippen LogP contribution in [0.2, 0.25) is 0 Å². The van der Waals surface area contributed by atoms with E-state index in [1.807, 2.05) is 0 Å². The van der Waals surface area contributed by atoms with Crippen LogP contribution >= 0.6 is 0 Å². The Kier molecular flexibility index (Phi) is 5.15. The summed E-state index contributed by atoms with van der Waals surface area (Å²) in [5.41, 5.74) is 0.578. The van der Waals surface area contributed by atoms with E-state index in [9.17, 15) is 0 Å². The Bertz CT molecular complexity index is 154. The molecule has 62 valence electrons. The van der Waals surface area contributed by atoms with Crippen LogP contribution in [0.3, 0.4) is 0 Å². The van der Waals surface area contributed by atoms with Gasteiger partial charge in [-0.05, 0) is 6.08 Å². The topological polar surface area (TPSA) is 44.3 Å². The minimum absolute atomic E-state index is 0.540. The quantitative estimate of drug-likeness (QED) is 0.293. The van der Waals surface area contributed by atoms with Gasteiger partial charge in [0.2, 0.25) is 0 Å². The maximum absolute atomic E-state index is 9.10. The van der Waals surface area contributed by atoms with E-state index < -0.39 is 6.35 Å². The average molecular weight is 154 g/mol. The van der Waals surface area contributed by atoms with Gasteiger partial charge in [-0.1, -0.05) is 19.2 Å². The van der Waals surface area contributed by atoms with Crippen molar-refractivity contribution in [2.24, 2.45) is 0 Å². The molecule has 0 aliphatic heterocycles. The minimum Gasteiger partial charge on any atom is -0.361 e. The van der Waals surface area contributed by atoms with Gasteiger partial charge in [0.15, 0.2) is 6.35 Å². The van der Waals surface area contributed by atoms with Crippen LogP contribution in [0.15, 0.2) is 37.6 Å². The second kappa shape index (κ2) is 5.70. The van der Waals surface area contributed by atoms with Gasteiger partial charge in [0, 0.05) is 12.2 Å². The van der Waals surface area contributed by atoms with Crippen molar-refractivity contribution < 1.29 is 5.11 Å². The summed E-state index contributed by atoms with van der Waals surface area (Å²) < 4.78 is 0. The first kappa shape index (κ1) is 9.94. The Hall–Kier alpha value is -1.06. The number of aliphatic hydroxyl groups excluding tert-OH is 1. The Labute approximate surface area is 67.1 Å². The molecule has 1 atom stereocenters. The van der Waals surface area contributed by atoms with Crippen molar-refractivity contribution in [1.82, 2.24) is 10.6 Å². The zero-order valence-electron chi connectivity index (χ0n) is 6.51. The molecule has 0 aromatic carbocycles. The summed E-state index contributed by atoms with van der Waals surface area (Å²) in [6.07, 6.45) is 2.39. The number of allylic oxidation sites excluding steroid dienone is 1. The van der Waals surface area contributed by atoms with Crippen LogP contribution in [-0.4, -0.2) is 18.0 Å². The molecule has 0 spiro atoms. The number of rotatable bonds is 6. The van der Waals surface area contributed by atoms with Crippen LogP contribution in [0.4, 0.5) is 0 Å². The van der Waals surface area contributed by atoms with E-state index in [1.165, 1.54) is 6.08 Å². The molecule has 0 saturated carbocycles. The van der Waals surface area contributed by atoms with E-state index in [1.54, 1.807) is 6.08 Å². The molecule has 0 aliphatic rings. The summed E-state index contributed by atoms with van der Waals surface area (Å²) in [7, 11) is 0. The summed E-state index contributed by atoms with van der Waals surface area (Å²) >= 11 is 0. The van der Waals surface area contributed by atoms with E-state index in [0.29, 0.717) is 12.2 Å². The molecule has 0 saturated heterocycles. The third kappa shape index (κ3) is 5.39. The lowest BCUT2D eigenvalue weighted by Gasteiger charge is -2.13. The first-order chi connectivity index (χ1) is 5.20. The van der Waals surface area contributed by atoms with Gasteiger partial charge in [0.1, 0.15) is 0 Å². The fourth-order valence-corrected chi connectivity index (χ4v) is 0.481. The highest BCUT2D eigenvalue weighted by Crippen LogP contribution is 1.84. The highest BCUT2D eigenvalue weighted by Gasteiger charge is 1.97. The number of nitrogens with one attached hydrogen (secondary N) is 2. The molecule has 0 rings (SSSR count). The molecule has 3 heteroatoms. The van der Waals surface area contributed by atoms with Gasteiger partial charge in [-0.3, -0.25) is 5.32 Å². The minimum atomic E-state index is -0.793. The molecular formula is C8H14N2O. The zero-order valence-corrected chi connectivity index (χ0v) is 6.51. The standard InChI is InChI=1S/C8H14N2O/c1-4-6-9-8(11)10-7(3)5-2/h4-5,8-11H,1-3,6H2. The second-order valence-electron chi connectivity index (χ2n) is 1.97. The van der Waals surface area contributed by atoms with Crippen LogP contribution in [0.1, 0.15) is 0 Å². The van der Waals surface area contributed by atoms with E-state index in [-0.39, 0.29) is 0 Å². The molecular weight excluding hydrogens is 140 g/mol. The first-order valence-electron chi connectivity index (χ1n) is 3.31. The van der Waals surface area contributed by atoms with E-state index >= 15 is 0 Å². The molecule has 1 unspecified atom stereocenters. The third-order valence-corrected chi connectivity index (χ3v) is 1.02. The lowest BCUT2D eigenvalue weighted by molar-refractivity contribution is 0.118. The molecule has 0 aromatic heterocycles. The van der Waals surface area contributed by atoms with Crippen LogP contribution < -0.4 is 10.6 Å². The van der Waals surface area contributed by atoms with Crippen molar-refractivity contribution in [2.75, 3.05) is 6.54 Å². The van der Waals surface area contributed by atoms with Gasteiger partial charge in [-0.15, -0.1) is 6.58 Å². The molecule has 0 aliphatic carbocycles. The van der Waals surface area contributed by atoms with Crippen molar-refractivity contribution in [2.45, 2.75) is 6.35 Å². The van der Waals surface area contributed by atoms with Gasteiger partial charge in [-0.2, -0.15) is 0 Å². The van der Waals surface area contributed by atoms with Crippen molar-refractivity contribution >= 4 is 0 Å². The summed E-state index contributed by atoms with van der Waals surface area (Å²) in [4.78, 5) is 0. The Balaban J connectivity index is 3.50. The van der Waals surface area contributed by atoms with Gasteiger partial charge in [0.05, 0.1) is 0 Å². The zero-order chi connectivity index (χ0) is 8.69.